The van der Waals surface area contributed by atoms with E-state index in [2.05, 4.69) is 177 Å². The predicted molar refractivity (Wildman–Crippen MR) is 184 cm³/mol. The van der Waals surface area contributed by atoms with Crippen molar-refractivity contribution in [3.8, 4) is 0 Å². The fraction of sp³-hybridized carbons (Fsp3) is 0.263. The van der Waals surface area contributed by atoms with Crippen molar-refractivity contribution in [2.45, 2.75) is 51.9 Å². The van der Waals surface area contributed by atoms with Crippen LogP contribution in [0.4, 0.5) is 0 Å². The fourth-order valence-electron chi connectivity index (χ4n) is 5.96. The number of hydrogen-bond acceptors (Lipinski definition) is 1. The van der Waals surface area contributed by atoms with Crippen molar-refractivity contribution in [2.75, 3.05) is 13.1 Å². The molecule has 4 aromatic carbocycles. The SMILES string of the molecule is C[C@H](c1ccccc1)N1CC(=C\[Si](C)(C)C(C)(C)C)/C(=[CH]/[Sn]([c]2ccccc2)([c]2ccccc2)[c]2ccccc2)C1. The summed E-state index contributed by atoms with van der Waals surface area (Å²) in [4.78, 5) is 2.69. The van der Waals surface area contributed by atoms with Gasteiger partial charge in [-0.15, -0.1) is 0 Å². The van der Waals surface area contributed by atoms with Gasteiger partial charge in [-0.25, -0.2) is 0 Å². The van der Waals surface area contributed by atoms with E-state index in [0.717, 1.165) is 13.1 Å². The maximum atomic E-state index is 2.82. The van der Waals surface area contributed by atoms with Gasteiger partial charge >= 0.3 is 255 Å². The summed E-state index contributed by atoms with van der Waals surface area (Å²) in [6, 6.07) is 45.6. The molecule has 3 heteroatoms. The molecule has 4 aromatic rings. The molecule has 0 aromatic heterocycles. The van der Waals surface area contributed by atoms with E-state index in [0.29, 0.717) is 11.1 Å². The van der Waals surface area contributed by atoms with Gasteiger partial charge in [0, 0.05) is 0 Å². The Balaban J connectivity index is 1.75. The van der Waals surface area contributed by atoms with Gasteiger partial charge in [-0.1, -0.05) is 0 Å². The Morgan fingerprint density at radius 2 is 1.02 bits per heavy atom. The zero-order chi connectivity index (χ0) is 29.1. The van der Waals surface area contributed by atoms with Gasteiger partial charge in [0.1, 0.15) is 0 Å². The number of rotatable bonds is 7. The topological polar surface area (TPSA) is 3.24 Å². The molecule has 5 rings (SSSR count). The third kappa shape index (κ3) is 6.25. The fourth-order valence-corrected chi connectivity index (χ4v) is 20.2. The van der Waals surface area contributed by atoms with Crippen LogP contribution < -0.4 is 10.7 Å². The van der Waals surface area contributed by atoms with Crippen molar-refractivity contribution in [3.63, 3.8) is 0 Å². The first-order valence-corrected chi connectivity index (χ1v) is 24.0. The van der Waals surface area contributed by atoms with Crippen LogP contribution in [0.5, 0.6) is 0 Å². The van der Waals surface area contributed by atoms with Gasteiger partial charge < -0.3 is 0 Å². The predicted octanol–water partition coefficient (Wildman–Crippen LogP) is 7.67. The van der Waals surface area contributed by atoms with Gasteiger partial charge in [-0.2, -0.15) is 0 Å². The molecule has 1 aliphatic rings. The van der Waals surface area contributed by atoms with Crippen LogP contribution in [-0.4, -0.2) is 44.4 Å². The van der Waals surface area contributed by atoms with E-state index in [4.69, 9.17) is 0 Å². The molecule has 0 spiro atoms. The minimum atomic E-state index is -3.59. The molecule has 1 heterocycles. The molecule has 1 nitrogen and oxygen atoms in total. The van der Waals surface area contributed by atoms with Crippen LogP contribution >= 0.6 is 0 Å². The molecule has 0 N–H and O–H groups in total. The van der Waals surface area contributed by atoms with Gasteiger partial charge in [0.15, 0.2) is 0 Å². The van der Waals surface area contributed by atoms with Gasteiger partial charge in [0.2, 0.25) is 0 Å². The summed E-state index contributed by atoms with van der Waals surface area (Å²) in [5, 5.41) is 0.294. The summed E-state index contributed by atoms with van der Waals surface area (Å²) < 4.78 is 7.35. The van der Waals surface area contributed by atoms with Gasteiger partial charge in [0.05, 0.1) is 0 Å². The Morgan fingerprint density at radius 3 is 1.44 bits per heavy atom. The van der Waals surface area contributed by atoms with E-state index in [-0.39, 0.29) is 0 Å². The standard InChI is InChI=1S/C20H30NSi.3C6H5.Sn/c1-16-13-21(17(2)18-11-9-8-10-12-18)14-19(16)15-22(6,7)20(3,4)5;3*1-2-4-6-5-3-1;/h1,8-12,15,17H,13-14H2,2-7H3;3*1-5H;/b16-1?,19-15+;;;;/t17-;;;;/m1..../s1. The molecule has 0 saturated carbocycles. The first-order chi connectivity index (χ1) is 19.6. The van der Waals surface area contributed by atoms with Crippen molar-refractivity contribution in [2.24, 2.45) is 0 Å². The molecular weight excluding hydrogens is 617 g/mol. The Labute approximate surface area is 253 Å². The molecule has 0 aliphatic carbocycles. The van der Waals surface area contributed by atoms with E-state index >= 15 is 0 Å². The molecule has 0 amide bonds. The monoisotopic (exact) mass is 663 g/mol. The van der Waals surface area contributed by atoms with Gasteiger partial charge in [0.25, 0.3) is 0 Å². The summed E-state index contributed by atoms with van der Waals surface area (Å²) in [5.41, 5.74) is 7.24. The van der Waals surface area contributed by atoms with Crippen molar-refractivity contribution in [1.82, 2.24) is 4.90 Å². The van der Waals surface area contributed by atoms with Crippen LogP contribution in [0.2, 0.25) is 18.1 Å². The van der Waals surface area contributed by atoms with E-state index < -0.39 is 26.5 Å². The molecule has 1 aliphatic heterocycles. The van der Waals surface area contributed by atoms with Crippen LogP contribution in [0.1, 0.15) is 39.3 Å². The molecule has 210 valence electrons. The maximum absolute atomic E-state index is 3.59. The number of nitrogens with zero attached hydrogens (tertiary/aromatic N) is 1. The normalized spacial score (nSPS) is 17.7. The van der Waals surface area contributed by atoms with Gasteiger partial charge in [-0.05, 0) is 0 Å². The molecular formula is C38H45NSiSn. The second kappa shape index (κ2) is 12.3. The second-order valence-electron chi connectivity index (χ2n) is 13.2. The van der Waals surface area contributed by atoms with Crippen molar-refractivity contribution in [3.05, 3.63) is 148 Å². The van der Waals surface area contributed by atoms with Crippen LogP contribution in [0.15, 0.2) is 142 Å². The molecule has 0 unspecified atom stereocenters. The molecule has 1 fully saturated rings. The van der Waals surface area contributed by atoms with Gasteiger partial charge in [-0.3, -0.25) is 0 Å². The Kier molecular flexibility index (Phi) is 8.94. The zero-order valence-electron chi connectivity index (χ0n) is 25.6. The molecule has 1 saturated heterocycles. The summed E-state index contributed by atoms with van der Waals surface area (Å²) in [5.74, 6) is 0. The molecule has 1 atom stereocenters. The molecule has 41 heavy (non-hydrogen) atoms. The number of likely N-dealkylation sites (tertiary alicyclic amines) is 1. The van der Waals surface area contributed by atoms with E-state index in [1.165, 1.54) is 16.3 Å². The first kappa shape index (κ1) is 29.8. The number of hydrogen-bond donors (Lipinski definition) is 0. The van der Waals surface area contributed by atoms with E-state index in [1.54, 1.807) is 11.1 Å². The third-order valence-electron chi connectivity index (χ3n) is 9.54. The Morgan fingerprint density at radius 1 is 0.634 bits per heavy atom. The Hall–Kier alpha value is -2.66. The zero-order valence-corrected chi connectivity index (χ0v) is 29.5. The van der Waals surface area contributed by atoms with Crippen molar-refractivity contribution < 1.29 is 0 Å². The third-order valence-corrected chi connectivity index (χ3v) is 27.4. The summed E-state index contributed by atoms with van der Waals surface area (Å²) in [6.45, 7) is 16.8. The van der Waals surface area contributed by atoms with Crippen LogP contribution in [-0.2, 0) is 0 Å². The summed E-state index contributed by atoms with van der Waals surface area (Å²) in [7, 11) is -1.67. The van der Waals surface area contributed by atoms with E-state index in [9.17, 15) is 0 Å². The van der Waals surface area contributed by atoms with Crippen LogP contribution in [0.25, 0.3) is 0 Å². The quantitative estimate of drug-likeness (QED) is 0.184. The molecule has 0 bridgehead atoms. The molecule has 0 radical (unpaired) electrons. The van der Waals surface area contributed by atoms with Crippen LogP contribution in [0.3, 0.4) is 0 Å². The summed E-state index contributed by atoms with van der Waals surface area (Å²) in [6.07, 6.45) is 0. The van der Waals surface area contributed by atoms with Crippen LogP contribution in [0, 0.1) is 0 Å². The van der Waals surface area contributed by atoms with E-state index in [1.807, 2.05) is 0 Å². The summed E-state index contributed by atoms with van der Waals surface area (Å²) >= 11 is -3.59. The minimum absolute atomic E-state index is 0.294. The second-order valence-corrected chi connectivity index (χ2v) is 28.8. The van der Waals surface area contributed by atoms with Crippen molar-refractivity contribution in [1.29, 1.82) is 0 Å². The van der Waals surface area contributed by atoms with Crippen molar-refractivity contribution >= 4 is 37.2 Å². The average Bonchev–Trinajstić information content (AvgIpc) is 3.38. The Bertz CT molecular complexity index is 1390. The average molecular weight is 663 g/mol. The first-order valence-electron chi connectivity index (χ1n) is 15.0. The number of benzene rings is 4.